The molecule has 140 valence electrons. The normalized spacial score (nSPS) is 15.7. The quantitative estimate of drug-likeness (QED) is 0.615. The minimum atomic E-state index is -0.770. The third-order valence-electron chi connectivity index (χ3n) is 4.56. The van der Waals surface area contributed by atoms with E-state index in [0.29, 0.717) is 34.6 Å². The molecule has 0 saturated carbocycles. The highest BCUT2D eigenvalue weighted by atomic mass is 79.9. The van der Waals surface area contributed by atoms with E-state index in [2.05, 4.69) is 22.0 Å². The number of nitrogens with zero attached hydrogens (tertiary/aromatic N) is 1. The van der Waals surface area contributed by atoms with Crippen molar-refractivity contribution in [3.05, 3.63) is 79.9 Å². The summed E-state index contributed by atoms with van der Waals surface area (Å²) in [7, 11) is 0. The van der Waals surface area contributed by atoms with E-state index in [1.807, 2.05) is 25.1 Å². The third kappa shape index (κ3) is 2.83. The van der Waals surface area contributed by atoms with E-state index in [0.717, 1.165) is 4.47 Å². The molecule has 6 nitrogen and oxygen atoms in total. The second-order valence-electron chi connectivity index (χ2n) is 6.17. The van der Waals surface area contributed by atoms with Crippen molar-refractivity contribution < 1.29 is 13.9 Å². The number of ether oxygens (including phenoxy) is 2. The molecule has 0 spiro atoms. The molecule has 1 unspecified atom stereocenters. The highest BCUT2D eigenvalue weighted by molar-refractivity contribution is 9.10. The van der Waals surface area contributed by atoms with Crippen LogP contribution in [0.3, 0.4) is 0 Å². The Balaban J connectivity index is 2.09. The number of halogens is 1. The predicted octanol–water partition coefficient (Wildman–Crippen LogP) is 4.17. The Hall–Kier alpha value is -3.24. The van der Waals surface area contributed by atoms with Gasteiger partial charge in [0.2, 0.25) is 5.88 Å². The molecule has 2 N–H and O–H groups in total. The Kier molecular flexibility index (Phi) is 4.57. The SMILES string of the molecule is CCOc1ccc(Br)cc1C1C(C#N)=C(N)Oc2c1c(=O)oc1ccccc21. The topological polar surface area (TPSA) is 98.5 Å². The number of benzene rings is 2. The van der Waals surface area contributed by atoms with Crippen molar-refractivity contribution in [3.8, 4) is 17.6 Å². The molecule has 0 bridgehead atoms. The van der Waals surface area contributed by atoms with Gasteiger partial charge in [0.25, 0.3) is 0 Å². The van der Waals surface area contributed by atoms with Crippen LogP contribution in [0.4, 0.5) is 0 Å². The van der Waals surface area contributed by atoms with Gasteiger partial charge in [0.05, 0.1) is 23.5 Å². The molecule has 0 fully saturated rings. The van der Waals surface area contributed by atoms with E-state index in [4.69, 9.17) is 19.6 Å². The number of rotatable bonds is 3. The monoisotopic (exact) mass is 438 g/mol. The summed E-state index contributed by atoms with van der Waals surface area (Å²) >= 11 is 3.45. The van der Waals surface area contributed by atoms with Gasteiger partial charge in [-0.05, 0) is 37.3 Å². The van der Waals surface area contributed by atoms with Crippen LogP contribution in [-0.4, -0.2) is 6.61 Å². The lowest BCUT2D eigenvalue weighted by Crippen LogP contribution is -2.26. The molecule has 7 heteroatoms. The largest absolute Gasteiger partial charge is 0.494 e. The second kappa shape index (κ2) is 7.06. The fourth-order valence-electron chi connectivity index (χ4n) is 3.41. The maximum atomic E-state index is 12.9. The van der Waals surface area contributed by atoms with Gasteiger partial charge in [0.15, 0.2) is 5.75 Å². The van der Waals surface area contributed by atoms with Crippen molar-refractivity contribution in [1.29, 1.82) is 5.26 Å². The van der Waals surface area contributed by atoms with Gasteiger partial charge in [-0.1, -0.05) is 28.1 Å². The number of hydrogen-bond donors (Lipinski definition) is 1. The Morgan fingerprint density at radius 1 is 1.29 bits per heavy atom. The van der Waals surface area contributed by atoms with Gasteiger partial charge in [0, 0.05) is 10.0 Å². The van der Waals surface area contributed by atoms with Crippen LogP contribution in [0.5, 0.6) is 11.5 Å². The Morgan fingerprint density at radius 3 is 2.82 bits per heavy atom. The molecule has 1 atom stereocenters. The van der Waals surface area contributed by atoms with Crippen LogP contribution >= 0.6 is 15.9 Å². The zero-order valence-corrected chi connectivity index (χ0v) is 16.4. The zero-order chi connectivity index (χ0) is 19.8. The summed E-state index contributed by atoms with van der Waals surface area (Å²) in [6, 6.07) is 14.5. The first-order chi connectivity index (χ1) is 13.5. The van der Waals surface area contributed by atoms with Crippen molar-refractivity contribution in [3.63, 3.8) is 0 Å². The predicted molar refractivity (Wildman–Crippen MR) is 107 cm³/mol. The van der Waals surface area contributed by atoms with E-state index in [9.17, 15) is 10.1 Å². The highest BCUT2D eigenvalue weighted by Gasteiger charge is 2.37. The number of hydrogen-bond acceptors (Lipinski definition) is 6. The standard InChI is InChI=1S/C21H15BrN2O4/c1-2-26-15-8-7-11(22)9-13(15)17-14(10-23)20(24)28-19-12-5-3-4-6-16(12)27-21(25)18(17)19/h3-9,17H,2,24H2,1H3. The number of para-hydroxylation sites is 1. The van der Waals surface area contributed by atoms with Crippen molar-refractivity contribution in [1.82, 2.24) is 0 Å². The number of nitrogens with two attached hydrogens (primary N) is 1. The first-order valence-corrected chi connectivity index (χ1v) is 9.40. The molecule has 0 radical (unpaired) electrons. The molecule has 2 aromatic carbocycles. The molecule has 3 aromatic rings. The molecule has 28 heavy (non-hydrogen) atoms. The van der Waals surface area contributed by atoms with Crippen molar-refractivity contribution in [2.75, 3.05) is 6.61 Å². The van der Waals surface area contributed by atoms with E-state index in [1.54, 1.807) is 24.3 Å². The minimum Gasteiger partial charge on any atom is -0.494 e. The van der Waals surface area contributed by atoms with Crippen LogP contribution in [-0.2, 0) is 0 Å². The number of nitriles is 1. The summed E-state index contributed by atoms with van der Waals surface area (Å²) in [6.45, 7) is 2.29. The first kappa shape index (κ1) is 18.1. The van der Waals surface area contributed by atoms with Crippen molar-refractivity contribution in [2.45, 2.75) is 12.8 Å². The lowest BCUT2D eigenvalue weighted by molar-refractivity contribution is 0.334. The van der Waals surface area contributed by atoms with Crippen molar-refractivity contribution in [2.24, 2.45) is 5.73 Å². The Morgan fingerprint density at radius 2 is 2.07 bits per heavy atom. The minimum absolute atomic E-state index is 0.0434. The maximum absolute atomic E-state index is 12.9. The number of fused-ring (bicyclic) bond motifs is 3. The molecule has 2 heterocycles. The number of allylic oxidation sites excluding steroid dienone is 1. The molecule has 1 aliphatic heterocycles. The van der Waals surface area contributed by atoms with Crippen LogP contribution in [0.1, 0.15) is 24.0 Å². The van der Waals surface area contributed by atoms with Gasteiger partial charge in [-0.3, -0.25) is 0 Å². The summed E-state index contributed by atoms with van der Waals surface area (Å²) in [4.78, 5) is 12.9. The second-order valence-corrected chi connectivity index (χ2v) is 7.08. The molecule has 0 aliphatic carbocycles. The average molecular weight is 439 g/mol. The molecule has 0 amide bonds. The Bertz CT molecular complexity index is 1220. The molecule has 0 saturated heterocycles. The fourth-order valence-corrected chi connectivity index (χ4v) is 3.79. The van der Waals surface area contributed by atoms with E-state index in [-0.39, 0.29) is 17.0 Å². The maximum Gasteiger partial charge on any atom is 0.344 e. The first-order valence-electron chi connectivity index (χ1n) is 8.60. The van der Waals surface area contributed by atoms with E-state index in [1.165, 1.54) is 0 Å². The summed E-state index contributed by atoms with van der Waals surface area (Å²) in [5, 5.41) is 10.4. The molecule has 4 rings (SSSR count). The van der Waals surface area contributed by atoms with Crippen LogP contribution in [0.25, 0.3) is 11.0 Å². The van der Waals surface area contributed by atoms with Gasteiger partial charge >= 0.3 is 5.63 Å². The average Bonchev–Trinajstić information content (AvgIpc) is 2.68. The fraction of sp³-hybridized carbons (Fsp3) is 0.143. The van der Waals surface area contributed by atoms with Crippen LogP contribution in [0.2, 0.25) is 0 Å². The molecular formula is C21H15BrN2O4. The molecular weight excluding hydrogens is 424 g/mol. The van der Waals surface area contributed by atoms with Gasteiger partial charge in [-0.25, -0.2) is 4.79 Å². The lowest BCUT2D eigenvalue weighted by atomic mass is 9.83. The molecule has 1 aliphatic rings. The van der Waals surface area contributed by atoms with Gasteiger partial charge in [0.1, 0.15) is 23.0 Å². The lowest BCUT2D eigenvalue weighted by Gasteiger charge is -2.27. The van der Waals surface area contributed by atoms with Crippen molar-refractivity contribution >= 4 is 26.9 Å². The Labute approximate surface area is 168 Å². The third-order valence-corrected chi connectivity index (χ3v) is 5.05. The van der Waals surface area contributed by atoms with E-state index >= 15 is 0 Å². The summed E-state index contributed by atoms with van der Waals surface area (Å²) < 4.78 is 17.8. The summed E-state index contributed by atoms with van der Waals surface area (Å²) in [5.41, 5.74) is 6.88. The summed E-state index contributed by atoms with van der Waals surface area (Å²) in [6.07, 6.45) is 0. The zero-order valence-electron chi connectivity index (χ0n) is 14.9. The molecule has 1 aromatic heterocycles. The van der Waals surface area contributed by atoms with Gasteiger partial charge < -0.3 is 19.6 Å². The van der Waals surface area contributed by atoms with Gasteiger partial charge in [-0.15, -0.1) is 0 Å². The van der Waals surface area contributed by atoms with Gasteiger partial charge in [-0.2, -0.15) is 5.26 Å². The summed E-state index contributed by atoms with van der Waals surface area (Å²) in [5.74, 6) is 0.0410. The smallest absolute Gasteiger partial charge is 0.344 e. The highest BCUT2D eigenvalue weighted by Crippen LogP contribution is 2.46. The van der Waals surface area contributed by atoms with Crippen LogP contribution in [0, 0.1) is 11.3 Å². The van der Waals surface area contributed by atoms with Crippen LogP contribution < -0.4 is 20.8 Å². The van der Waals surface area contributed by atoms with E-state index < -0.39 is 11.5 Å². The van der Waals surface area contributed by atoms with Crippen LogP contribution in [0.15, 0.2) is 67.6 Å².